The Labute approximate surface area is 88.7 Å². The summed E-state index contributed by atoms with van der Waals surface area (Å²) in [7, 11) is 0. The van der Waals surface area contributed by atoms with E-state index in [1.54, 1.807) is 0 Å². The topological polar surface area (TPSA) is 12.0 Å². The first kappa shape index (κ1) is 10.7. The highest BCUT2D eigenvalue weighted by Gasteiger charge is 2.05. The summed E-state index contributed by atoms with van der Waals surface area (Å²) < 4.78 is 1.14. The lowest BCUT2D eigenvalue weighted by Crippen LogP contribution is -2.19. The molecule has 1 aromatic carbocycles. The first-order valence-corrected chi connectivity index (χ1v) is 5.56. The highest BCUT2D eigenvalue weighted by molar-refractivity contribution is 9.10. The average Bonchev–Trinajstić information content (AvgIpc) is 2.16. The molecule has 0 aliphatic carbocycles. The molecule has 0 unspecified atom stereocenters. The van der Waals surface area contributed by atoms with E-state index >= 15 is 0 Å². The number of hydrogen-bond donors (Lipinski definition) is 1. The van der Waals surface area contributed by atoms with Gasteiger partial charge in [-0.2, -0.15) is 0 Å². The predicted octanol–water partition coefficient (Wildman–Crippen LogP) is 3.51. The minimum atomic E-state index is 0.498. The number of benzene rings is 1. The lowest BCUT2D eigenvalue weighted by Gasteiger charge is -2.15. The maximum atomic E-state index is 3.45. The molecule has 0 bridgehead atoms. The van der Waals surface area contributed by atoms with Gasteiger partial charge < -0.3 is 5.32 Å². The number of hydrogen-bond acceptors (Lipinski definition) is 1. The summed E-state index contributed by atoms with van der Waals surface area (Å²) in [6.07, 6.45) is 1.13. The molecule has 0 heterocycles. The maximum Gasteiger partial charge on any atom is 0.0317 e. The summed E-state index contributed by atoms with van der Waals surface area (Å²) in [5.41, 5.74) is 1.37. The third-order valence-electron chi connectivity index (χ3n) is 2.13. The van der Waals surface area contributed by atoms with Crippen molar-refractivity contribution in [1.29, 1.82) is 0 Å². The van der Waals surface area contributed by atoms with Crippen LogP contribution in [0.1, 0.15) is 31.9 Å². The molecule has 0 spiro atoms. The Morgan fingerprint density at radius 2 is 1.85 bits per heavy atom. The molecule has 0 aromatic heterocycles. The van der Waals surface area contributed by atoms with E-state index in [1.165, 1.54) is 5.56 Å². The van der Waals surface area contributed by atoms with E-state index < -0.39 is 0 Å². The van der Waals surface area contributed by atoms with E-state index in [1.807, 2.05) is 0 Å². The second-order valence-corrected chi connectivity index (χ2v) is 3.99. The second kappa shape index (κ2) is 5.40. The van der Waals surface area contributed by atoms with Gasteiger partial charge in [-0.1, -0.05) is 41.9 Å². The van der Waals surface area contributed by atoms with Crippen molar-refractivity contribution < 1.29 is 0 Å². The van der Waals surface area contributed by atoms with Crippen molar-refractivity contribution in [2.24, 2.45) is 0 Å². The maximum absolute atomic E-state index is 3.45. The van der Waals surface area contributed by atoms with Gasteiger partial charge in [0.05, 0.1) is 0 Å². The number of halogens is 1. The van der Waals surface area contributed by atoms with Gasteiger partial charge in [-0.3, -0.25) is 0 Å². The van der Waals surface area contributed by atoms with E-state index in [0.29, 0.717) is 6.04 Å². The summed E-state index contributed by atoms with van der Waals surface area (Å²) >= 11 is 3.44. The standard InChI is InChI=1S/C11H16BrN/c1-3-11(13-4-2)9-5-7-10(12)8-6-9/h5-8,11,13H,3-4H2,1-2H3/t11-/m1/s1. The highest BCUT2D eigenvalue weighted by atomic mass is 79.9. The molecule has 13 heavy (non-hydrogen) atoms. The molecule has 0 saturated heterocycles. The Morgan fingerprint density at radius 3 is 2.31 bits per heavy atom. The van der Waals surface area contributed by atoms with E-state index in [-0.39, 0.29) is 0 Å². The third kappa shape index (κ3) is 3.12. The summed E-state index contributed by atoms with van der Waals surface area (Å²) in [5.74, 6) is 0. The molecule has 1 nitrogen and oxygen atoms in total. The van der Waals surface area contributed by atoms with Crippen molar-refractivity contribution in [3.63, 3.8) is 0 Å². The SMILES string of the molecule is CCN[C@H](CC)c1ccc(Br)cc1. The van der Waals surface area contributed by atoms with Gasteiger partial charge in [0, 0.05) is 10.5 Å². The quantitative estimate of drug-likeness (QED) is 0.851. The fourth-order valence-electron chi connectivity index (χ4n) is 1.44. The lowest BCUT2D eigenvalue weighted by molar-refractivity contribution is 0.537. The first-order chi connectivity index (χ1) is 6.27. The van der Waals surface area contributed by atoms with Crippen molar-refractivity contribution in [3.05, 3.63) is 34.3 Å². The van der Waals surface area contributed by atoms with Crippen LogP contribution in [0.3, 0.4) is 0 Å². The van der Waals surface area contributed by atoms with Gasteiger partial charge in [0.1, 0.15) is 0 Å². The van der Waals surface area contributed by atoms with Crippen molar-refractivity contribution in [2.45, 2.75) is 26.3 Å². The Balaban J connectivity index is 2.73. The Morgan fingerprint density at radius 1 is 1.23 bits per heavy atom. The molecule has 1 N–H and O–H groups in total. The summed E-state index contributed by atoms with van der Waals surface area (Å²) in [6, 6.07) is 9.02. The van der Waals surface area contributed by atoms with Gasteiger partial charge in [-0.15, -0.1) is 0 Å². The third-order valence-corrected chi connectivity index (χ3v) is 2.66. The zero-order chi connectivity index (χ0) is 9.68. The molecular formula is C11H16BrN. The van der Waals surface area contributed by atoms with E-state index in [4.69, 9.17) is 0 Å². The molecule has 0 radical (unpaired) electrons. The van der Waals surface area contributed by atoms with Crippen LogP contribution in [0.5, 0.6) is 0 Å². The van der Waals surface area contributed by atoms with Crippen LogP contribution in [0.2, 0.25) is 0 Å². The molecule has 0 saturated carbocycles. The van der Waals surface area contributed by atoms with Crippen LogP contribution in [-0.2, 0) is 0 Å². The van der Waals surface area contributed by atoms with Gasteiger partial charge in [0.2, 0.25) is 0 Å². The Hall–Kier alpha value is -0.340. The van der Waals surface area contributed by atoms with Gasteiger partial charge in [-0.05, 0) is 30.7 Å². The molecule has 72 valence electrons. The molecular weight excluding hydrogens is 226 g/mol. The molecule has 1 aromatic rings. The largest absolute Gasteiger partial charge is 0.310 e. The number of nitrogens with one attached hydrogen (secondary N) is 1. The lowest BCUT2D eigenvalue weighted by atomic mass is 10.1. The normalized spacial score (nSPS) is 12.8. The van der Waals surface area contributed by atoms with Crippen LogP contribution in [0.15, 0.2) is 28.7 Å². The fourth-order valence-corrected chi connectivity index (χ4v) is 1.70. The zero-order valence-corrected chi connectivity index (χ0v) is 9.76. The average molecular weight is 242 g/mol. The molecule has 0 fully saturated rings. The second-order valence-electron chi connectivity index (χ2n) is 3.07. The number of rotatable bonds is 4. The van der Waals surface area contributed by atoms with Crippen molar-refractivity contribution in [1.82, 2.24) is 5.32 Å². The van der Waals surface area contributed by atoms with Crippen LogP contribution in [0.25, 0.3) is 0 Å². The van der Waals surface area contributed by atoms with Crippen LogP contribution in [0, 0.1) is 0 Å². The Kier molecular flexibility index (Phi) is 4.46. The molecule has 1 atom stereocenters. The molecule has 2 heteroatoms. The predicted molar refractivity (Wildman–Crippen MR) is 60.9 cm³/mol. The van der Waals surface area contributed by atoms with Crippen LogP contribution in [-0.4, -0.2) is 6.54 Å². The fraction of sp³-hybridized carbons (Fsp3) is 0.455. The van der Waals surface area contributed by atoms with Crippen LogP contribution in [0.4, 0.5) is 0 Å². The molecule has 1 rings (SSSR count). The van der Waals surface area contributed by atoms with Gasteiger partial charge >= 0.3 is 0 Å². The van der Waals surface area contributed by atoms with Gasteiger partial charge in [0.15, 0.2) is 0 Å². The zero-order valence-electron chi connectivity index (χ0n) is 8.18. The first-order valence-electron chi connectivity index (χ1n) is 4.76. The minimum Gasteiger partial charge on any atom is -0.310 e. The van der Waals surface area contributed by atoms with E-state index in [9.17, 15) is 0 Å². The van der Waals surface area contributed by atoms with Crippen molar-refractivity contribution in [3.8, 4) is 0 Å². The summed E-state index contributed by atoms with van der Waals surface area (Å²) in [6.45, 7) is 5.37. The molecule has 0 aliphatic rings. The smallest absolute Gasteiger partial charge is 0.0317 e. The van der Waals surface area contributed by atoms with E-state index in [0.717, 1.165) is 17.4 Å². The van der Waals surface area contributed by atoms with Crippen molar-refractivity contribution in [2.75, 3.05) is 6.54 Å². The highest BCUT2D eigenvalue weighted by Crippen LogP contribution is 2.18. The minimum absolute atomic E-state index is 0.498. The summed E-state index contributed by atoms with van der Waals surface area (Å²) in [5, 5.41) is 3.45. The van der Waals surface area contributed by atoms with Crippen LogP contribution < -0.4 is 5.32 Å². The Bertz CT molecular complexity index is 243. The van der Waals surface area contributed by atoms with Crippen LogP contribution >= 0.6 is 15.9 Å². The van der Waals surface area contributed by atoms with Crippen molar-refractivity contribution >= 4 is 15.9 Å². The molecule has 0 amide bonds. The van der Waals surface area contributed by atoms with Gasteiger partial charge in [-0.25, -0.2) is 0 Å². The van der Waals surface area contributed by atoms with Gasteiger partial charge in [0.25, 0.3) is 0 Å². The summed E-state index contributed by atoms with van der Waals surface area (Å²) in [4.78, 5) is 0. The molecule has 0 aliphatic heterocycles. The monoisotopic (exact) mass is 241 g/mol. The van der Waals surface area contributed by atoms with E-state index in [2.05, 4.69) is 59.4 Å².